The molecule has 0 unspecified atom stereocenters. The first-order valence-electron chi connectivity index (χ1n) is 4.41. The van der Waals surface area contributed by atoms with E-state index in [2.05, 4.69) is 17.5 Å². The number of amides is 1. The van der Waals surface area contributed by atoms with Crippen molar-refractivity contribution in [2.75, 3.05) is 14.2 Å². The maximum absolute atomic E-state index is 11.6. The van der Waals surface area contributed by atoms with Gasteiger partial charge < -0.3 is 15.2 Å². The number of carbonyl (C=O) groups excluding carboxylic acids is 1. The maximum Gasteiger partial charge on any atom is 0.261 e. The number of nitrogens with one attached hydrogen (secondary N) is 1. The summed E-state index contributed by atoms with van der Waals surface area (Å²) in [5.74, 6) is 0.587. The average molecular weight is 240 g/mol. The lowest BCUT2D eigenvalue weighted by Gasteiger charge is -2.09. The first-order chi connectivity index (χ1) is 7.58. The van der Waals surface area contributed by atoms with Crippen LogP contribution in [0, 0.1) is 0 Å². The summed E-state index contributed by atoms with van der Waals surface area (Å²) < 4.78 is 10.1. The van der Waals surface area contributed by atoms with Gasteiger partial charge in [0, 0.05) is 6.07 Å². The van der Waals surface area contributed by atoms with Gasteiger partial charge in [-0.1, -0.05) is 0 Å². The molecule has 0 heterocycles. The number of carbonyl (C=O) groups is 1. The Kier molecular flexibility index (Phi) is 4.07. The van der Waals surface area contributed by atoms with E-state index in [9.17, 15) is 4.79 Å². The zero-order chi connectivity index (χ0) is 12.1. The number of benzene rings is 1. The van der Waals surface area contributed by atoms with Gasteiger partial charge in [-0.15, -0.1) is 0 Å². The molecule has 5 nitrogen and oxygen atoms in total. The number of rotatable bonds is 3. The van der Waals surface area contributed by atoms with Gasteiger partial charge in [0.2, 0.25) is 0 Å². The zero-order valence-corrected chi connectivity index (χ0v) is 9.76. The van der Waals surface area contributed by atoms with Crippen LogP contribution in [-0.2, 0) is 0 Å². The fourth-order valence-corrected chi connectivity index (χ4v) is 1.26. The third-order valence-corrected chi connectivity index (χ3v) is 1.99. The van der Waals surface area contributed by atoms with Crippen molar-refractivity contribution in [2.24, 2.45) is 5.73 Å². The SMILES string of the molecule is COc1ccc(C(=O)NC(N)=S)c(OC)c1. The van der Waals surface area contributed by atoms with E-state index in [0.717, 1.165) is 0 Å². The Labute approximate surface area is 98.5 Å². The average Bonchev–Trinajstić information content (AvgIpc) is 2.27. The molecule has 0 aromatic heterocycles. The van der Waals surface area contributed by atoms with Crippen molar-refractivity contribution in [2.45, 2.75) is 0 Å². The largest absolute Gasteiger partial charge is 0.497 e. The molecule has 3 N–H and O–H groups in total. The Morgan fingerprint density at radius 1 is 1.38 bits per heavy atom. The number of ether oxygens (including phenoxy) is 2. The molecule has 0 aliphatic carbocycles. The van der Waals surface area contributed by atoms with E-state index in [1.54, 1.807) is 18.2 Å². The lowest BCUT2D eigenvalue weighted by atomic mass is 10.2. The first-order valence-corrected chi connectivity index (χ1v) is 4.82. The smallest absolute Gasteiger partial charge is 0.261 e. The molecular weight excluding hydrogens is 228 g/mol. The van der Waals surface area contributed by atoms with E-state index in [-0.39, 0.29) is 5.11 Å². The Hall–Kier alpha value is -1.82. The molecule has 0 spiro atoms. The number of nitrogens with two attached hydrogens (primary N) is 1. The Morgan fingerprint density at radius 2 is 2.06 bits per heavy atom. The van der Waals surface area contributed by atoms with E-state index in [4.69, 9.17) is 15.2 Å². The van der Waals surface area contributed by atoms with Gasteiger partial charge >= 0.3 is 0 Å². The lowest BCUT2D eigenvalue weighted by molar-refractivity contribution is 0.0974. The van der Waals surface area contributed by atoms with Crippen molar-refractivity contribution in [3.05, 3.63) is 23.8 Å². The van der Waals surface area contributed by atoms with Crippen LogP contribution < -0.4 is 20.5 Å². The minimum atomic E-state index is -0.410. The van der Waals surface area contributed by atoms with Crippen molar-refractivity contribution in [3.63, 3.8) is 0 Å². The molecule has 0 radical (unpaired) electrons. The molecule has 0 atom stereocenters. The zero-order valence-electron chi connectivity index (χ0n) is 8.94. The van der Waals surface area contributed by atoms with E-state index < -0.39 is 5.91 Å². The highest BCUT2D eigenvalue weighted by molar-refractivity contribution is 7.80. The summed E-state index contributed by atoms with van der Waals surface area (Å²) in [4.78, 5) is 11.6. The molecule has 0 bridgehead atoms. The molecule has 16 heavy (non-hydrogen) atoms. The molecule has 6 heteroatoms. The fourth-order valence-electron chi connectivity index (χ4n) is 1.17. The highest BCUT2D eigenvalue weighted by atomic mass is 32.1. The summed E-state index contributed by atoms with van der Waals surface area (Å²) in [7, 11) is 3.00. The summed E-state index contributed by atoms with van der Waals surface area (Å²) in [6.45, 7) is 0. The summed E-state index contributed by atoms with van der Waals surface area (Å²) in [6.07, 6.45) is 0. The minimum absolute atomic E-state index is 0.0807. The maximum atomic E-state index is 11.6. The molecule has 0 fully saturated rings. The molecule has 0 saturated heterocycles. The number of methoxy groups -OCH3 is 2. The molecule has 0 saturated carbocycles. The fraction of sp³-hybridized carbons (Fsp3) is 0.200. The van der Waals surface area contributed by atoms with Gasteiger partial charge in [0.1, 0.15) is 11.5 Å². The van der Waals surface area contributed by atoms with Crippen molar-refractivity contribution in [3.8, 4) is 11.5 Å². The highest BCUT2D eigenvalue weighted by Gasteiger charge is 2.13. The van der Waals surface area contributed by atoms with Crippen LogP contribution in [0.25, 0.3) is 0 Å². The quantitative estimate of drug-likeness (QED) is 0.760. The van der Waals surface area contributed by atoms with E-state index in [1.807, 2.05) is 0 Å². The predicted octanol–water partition coefficient (Wildman–Crippen LogP) is 0.677. The molecule has 1 rings (SSSR count). The molecule has 0 aliphatic rings. The van der Waals surface area contributed by atoms with Crippen LogP contribution in [0.1, 0.15) is 10.4 Å². The minimum Gasteiger partial charge on any atom is -0.497 e. The second kappa shape index (κ2) is 5.32. The van der Waals surface area contributed by atoms with Crippen LogP contribution in [0.15, 0.2) is 18.2 Å². The van der Waals surface area contributed by atoms with Crippen molar-refractivity contribution >= 4 is 23.2 Å². The lowest BCUT2D eigenvalue weighted by Crippen LogP contribution is -2.34. The Bertz CT molecular complexity index is 421. The number of thiocarbonyl (C=S) groups is 1. The van der Waals surface area contributed by atoms with Gasteiger partial charge in [-0.2, -0.15) is 0 Å². The molecule has 1 aromatic carbocycles. The summed E-state index contributed by atoms with van der Waals surface area (Å²) in [5, 5.41) is 2.24. The van der Waals surface area contributed by atoms with Crippen LogP contribution in [0.5, 0.6) is 11.5 Å². The van der Waals surface area contributed by atoms with E-state index in [1.165, 1.54) is 14.2 Å². The van der Waals surface area contributed by atoms with E-state index >= 15 is 0 Å². The highest BCUT2D eigenvalue weighted by Crippen LogP contribution is 2.24. The van der Waals surface area contributed by atoms with Crippen LogP contribution >= 0.6 is 12.2 Å². The third kappa shape index (κ3) is 2.83. The van der Waals surface area contributed by atoms with E-state index in [0.29, 0.717) is 17.1 Å². The predicted molar refractivity (Wildman–Crippen MR) is 63.8 cm³/mol. The number of hydrogen-bond acceptors (Lipinski definition) is 4. The van der Waals surface area contributed by atoms with Crippen LogP contribution in [0.3, 0.4) is 0 Å². The van der Waals surface area contributed by atoms with Gasteiger partial charge in [0.15, 0.2) is 5.11 Å². The van der Waals surface area contributed by atoms with Gasteiger partial charge in [0.05, 0.1) is 19.8 Å². The standard InChI is InChI=1S/C10H12N2O3S/c1-14-6-3-4-7(8(5-6)15-2)9(13)12-10(11)16/h3-5H,1-2H3,(H3,11,12,13,16). The van der Waals surface area contributed by atoms with Crippen molar-refractivity contribution in [1.82, 2.24) is 5.32 Å². The molecule has 1 aromatic rings. The van der Waals surface area contributed by atoms with Gasteiger partial charge in [-0.25, -0.2) is 0 Å². The van der Waals surface area contributed by atoms with Crippen LogP contribution in [0.2, 0.25) is 0 Å². The van der Waals surface area contributed by atoms with Gasteiger partial charge in [-0.05, 0) is 24.4 Å². The van der Waals surface area contributed by atoms with Crippen molar-refractivity contribution < 1.29 is 14.3 Å². The molecule has 1 amide bonds. The van der Waals surface area contributed by atoms with Gasteiger partial charge in [-0.3, -0.25) is 10.1 Å². The Morgan fingerprint density at radius 3 is 2.56 bits per heavy atom. The van der Waals surface area contributed by atoms with Crippen LogP contribution in [-0.4, -0.2) is 25.2 Å². The summed E-state index contributed by atoms with van der Waals surface area (Å²) in [5.41, 5.74) is 5.56. The molecular formula is C10H12N2O3S. The van der Waals surface area contributed by atoms with Crippen molar-refractivity contribution in [1.29, 1.82) is 0 Å². The summed E-state index contributed by atoms with van der Waals surface area (Å²) >= 11 is 4.58. The Balaban J connectivity index is 3.03. The first kappa shape index (κ1) is 12.3. The third-order valence-electron chi connectivity index (χ3n) is 1.89. The molecule has 86 valence electrons. The summed E-state index contributed by atoms with van der Waals surface area (Å²) in [6, 6.07) is 4.83. The monoisotopic (exact) mass is 240 g/mol. The second-order valence-electron chi connectivity index (χ2n) is 2.88. The van der Waals surface area contributed by atoms with Crippen LogP contribution in [0.4, 0.5) is 0 Å². The topological polar surface area (TPSA) is 73.6 Å². The normalized spacial score (nSPS) is 9.38. The number of hydrogen-bond donors (Lipinski definition) is 2. The second-order valence-corrected chi connectivity index (χ2v) is 3.32. The molecule has 0 aliphatic heterocycles. The van der Waals surface area contributed by atoms with Gasteiger partial charge in [0.25, 0.3) is 5.91 Å².